The molecule has 0 saturated carbocycles. The number of ether oxygens (including phenoxy) is 1. The Hall–Kier alpha value is -1.88. The Bertz CT molecular complexity index is 554. The van der Waals surface area contributed by atoms with Gasteiger partial charge in [0.15, 0.2) is 5.82 Å². The zero-order valence-electron chi connectivity index (χ0n) is 12.9. The van der Waals surface area contributed by atoms with Gasteiger partial charge in [-0.3, -0.25) is 0 Å². The third-order valence-electron chi connectivity index (χ3n) is 3.52. The fourth-order valence-electron chi connectivity index (χ4n) is 2.37. The van der Waals surface area contributed by atoms with E-state index in [0.717, 1.165) is 30.6 Å². The molecule has 0 fully saturated rings. The second-order valence-electron chi connectivity index (χ2n) is 5.07. The second-order valence-corrected chi connectivity index (χ2v) is 5.07. The van der Waals surface area contributed by atoms with E-state index in [1.807, 2.05) is 31.3 Å². The summed E-state index contributed by atoms with van der Waals surface area (Å²) in [7, 11) is 3.63. The quantitative estimate of drug-likeness (QED) is 0.809. The molecule has 5 nitrogen and oxygen atoms in total. The number of para-hydroxylation sites is 1. The minimum atomic E-state index is 0.384. The largest absolute Gasteiger partial charge is 0.496 e. The summed E-state index contributed by atoms with van der Waals surface area (Å²) in [5.74, 6) is 2.23. The molecule has 0 spiro atoms. The summed E-state index contributed by atoms with van der Waals surface area (Å²) in [5.41, 5.74) is 1.06. The highest BCUT2D eigenvalue weighted by molar-refractivity contribution is 5.35. The van der Waals surface area contributed by atoms with Crippen LogP contribution >= 0.6 is 0 Å². The van der Waals surface area contributed by atoms with Gasteiger partial charge in [0, 0.05) is 24.4 Å². The first-order valence-corrected chi connectivity index (χ1v) is 7.37. The number of aromatic nitrogens is 2. The van der Waals surface area contributed by atoms with E-state index in [1.165, 1.54) is 0 Å². The predicted octanol–water partition coefficient (Wildman–Crippen LogP) is 2.60. The summed E-state index contributed by atoms with van der Waals surface area (Å²) in [6, 6.07) is 8.27. The molecule has 114 valence electrons. The number of nitrogens with one attached hydrogen (secondary N) is 1. The van der Waals surface area contributed by atoms with Gasteiger partial charge in [0.2, 0.25) is 5.89 Å². The van der Waals surface area contributed by atoms with Crippen molar-refractivity contribution in [1.82, 2.24) is 15.5 Å². The third kappa shape index (κ3) is 4.29. The van der Waals surface area contributed by atoms with E-state index < -0.39 is 0 Å². The highest BCUT2D eigenvalue weighted by atomic mass is 16.5. The minimum absolute atomic E-state index is 0.384. The van der Waals surface area contributed by atoms with Crippen LogP contribution in [-0.4, -0.2) is 30.3 Å². The van der Waals surface area contributed by atoms with Crippen molar-refractivity contribution in [2.45, 2.75) is 38.6 Å². The van der Waals surface area contributed by atoms with Gasteiger partial charge in [0.1, 0.15) is 5.75 Å². The van der Waals surface area contributed by atoms with Crippen LogP contribution in [0.3, 0.4) is 0 Å². The van der Waals surface area contributed by atoms with E-state index in [1.54, 1.807) is 7.11 Å². The van der Waals surface area contributed by atoms with E-state index >= 15 is 0 Å². The van der Waals surface area contributed by atoms with Gasteiger partial charge in [-0.2, -0.15) is 4.98 Å². The van der Waals surface area contributed by atoms with Crippen LogP contribution in [0.15, 0.2) is 28.8 Å². The maximum absolute atomic E-state index is 5.35. The number of nitrogens with zero attached hydrogens (tertiary/aromatic N) is 2. The number of rotatable bonds is 8. The lowest BCUT2D eigenvalue weighted by molar-refractivity contribution is 0.352. The van der Waals surface area contributed by atoms with Crippen molar-refractivity contribution >= 4 is 0 Å². The summed E-state index contributed by atoms with van der Waals surface area (Å²) >= 11 is 0. The fourth-order valence-corrected chi connectivity index (χ4v) is 2.37. The van der Waals surface area contributed by atoms with Gasteiger partial charge >= 0.3 is 0 Å². The Labute approximate surface area is 125 Å². The van der Waals surface area contributed by atoms with Crippen LogP contribution in [0, 0.1) is 0 Å². The lowest BCUT2D eigenvalue weighted by atomic mass is 10.1. The number of benzene rings is 1. The monoisotopic (exact) mass is 289 g/mol. The second kappa shape index (κ2) is 7.78. The lowest BCUT2D eigenvalue weighted by Crippen LogP contribution is -2.27. The molecule has 0 aliphatic heterocycles. The molecular formula is C16H23N3O2. The maximum atomic E-state index is 5.35. The zero-order chi connectivity index (χ0) is 15.1. The Balaban J connectivity index is 2.03. The molecule has 1 aromatic heterocycles. The summed E-state index contributed by atoms with van der Waals surface area (Å²) in [5, 5.41) is 7.35. The number of hydrogen-bond donors (Lipinski definition) is 1. The Morgan fingerprint density at radius 2 is 2.14 bits per heavy atom. The fraction of sp³-hybridized carbons (Fsp3) is 0.500. The van der Waals surface area contributed by atoms with Gasteiger partial charge in [-0.05, 0) is 19.5 Å². The molecule has 0 amide bonds. The molecular weight excluding hydrogens is 266 g/mol. The van der Waals surface area contributed by atoms with E-state index in [9.17, 15) is 0 Å². The van der Waals surface area contributed by atoms with Crippen molar-refractivity contribution in [1.29, 1.82) is 0 Å². The van der Waals surface area contributed by atoms with Crippen LogP contribution in [0.4, 0.5) is 0 Å². The van der Waals surface area contributed by atoms with Crippen LogP contribution in [-0.2, 0) is 12.8 Å². The molecule has 5 heteroatoms. The Morgan fingerprint density at radius 3 is 2.86 bits per heavy atom. The summed E-state index contributed by atoms with van der Waals surface area (Å²) < 4.78 is 10.7. The van der Waals surface area contributed by atoms with Crippen molar-refractivity contribution in [2.75, 3.05) is 14.2 Å². The average molecular weight is 289 g/mol. The summed E-state index contributed by atoms with van der Waals surface area (Å²) in [6.07, 6.45) is 3.61. The lowest BCUT2D eigenvalue weighted by Gasteiger charge is -2.11. The minimum Gasteiger partial charge on any atom is -0.496 e. The highest BCUT2D eigenvalue weighted by Crippen LogP contribution is 2.20. The molecule has 0 aliphatic rings. The van der Waals surface area contributed by atoms with Crippen LogP contribution in [0.25, 0.3) is 0 Å². The first-order valence-electron chi connectivity index (χ1n) is 7.37. The molecule has 1 heterocycles. The van der Waals surface area contributed by atoms with Crippen LogP contribution in [0.2, 0.25) is 0 Å². The van der Waals surface area contributed by atoms with Gasteiger partial charge < -0.3 is 14.6 Å². The van der Waals surface area contributed by atoms with Gasteiger partial charge in [0.25, 0.3) is 0 Å². The number of likely N-dealkylation sites (N-methyl/N-ethyl adjacent to an activating group) is 1. The zero-order valence-corrected chi connectivity index (χ0v) is 12.9. The summed E-state index contributed by atoms with van der Waals surface area (Å²) in [6.45, 7) is 2.17. The highest BCUT2D eigenvalue weighted by Gasteiger charge is 2.13. The van der Waals surface area contributed by atoms with Gasteiger partial charge in [0.05, 0.1) is 7.11 Å². The molecule has 1 N–H and O–H groups in total. The maximum Gasteiger partial charge on any atom is 0.228 e. The van der Waals surface area contributed by atoms with Crippen LogP contribution in [0.1, 0.15) is 37.0 Å². The summed E-state index contributed by atoms with van der Waals surface area (Å²) in [4.78, 5) is 4.48. The standard InChI is InChI=1S/C16H23N3O2/c1-4-7-13(17-2)11-16-18-15(19-21-16)10-12-8-5-6-9-14(12)20-3/h5-6,8-9,13,17H,4,7,10-11H2,1-3H3. The Kier molecular flexibility index (Phi) is 5.75. The third-order valence-corrected chi connectivity index (χ3v) is 3.52. The van der Waals surface area contributed by atoms with Crippen molar-refractivity contribution < 1.29 is 9.26 Å². The number of hydrogen-bond acceptors (Lipinski definition) is 5. The van der Waals surface area contributed by atoms with E-state index in [2.05, 4.69) is 22.4 Å². The SMILES string of the molecule is CCCC(Cc1nc(Cc2ccccc2OC)no1)NC. The van der Waals surface area contributed by atoms with Crippen molar-refractivity contribution in [2.24, 2.45) is 0 Å². The molecule has 0 bridgehead atoms. The molecule has 21 heavy (non-hydrogen) atoms. The molecule has 1 unspecified atom stereocenters. The molecule has 0 saturated heterocycles. The van der Waals surface area contributed by atoms with Gasteiger partial charge in [-0.1, -0.05) is 36.7 Å². The topological polar surface area (TPSA) is 60.2 Å². The smallest absolute Gasteiger partial charge is 0.228 e. The Morgan fingerprint density at radius 1 is 1.33 bits per heavy atom. The van der Waals surface area contributed by atoms with E-state index in [-0.39, 0.29) is 0 Å². The van der Waals surface area contributed by atoms with Gasteiger partial charge in [-0.25, -0.2) is 0 Å². The predicted molar refractivity (Wildman–Crippen MR) is 81.6 cm³/mol. The molecule has 1 aromatic carbocycles. The molecule has 0 radical (unpaired) electrons. The first-order chi connectivity index (χ1) is 10.3. The average Bonchev–Trinajstić information content (AvgIpc) is 2.94. The molecule has 2 rings (SSSR count). The van der Waals surface area contributed by atoms with Gasteiger partial charge in [-0.15, -0.1) is 0 Å². The van der Waals surface area contributed by atoms with Crippen molar-refractivity contribution in [3.63, 3.8) is 0 Å². The normalized spacial score (nSPS) is 12.3. The first kappa shape index (κ1) is 15.5. The molecule has 1 atom stereocenters. The van der Waals surface area contributed by atoms with Crippen LogP contribution in [0.5, 0.6) is 5.75 Å². The van der Waals surface area contributed by atoms with Crippen molar-refractivity contribution in [3.8, 4) is 5.75 Å². The van der Waals surface area contributed by atoms with E-state index in [0.29, 0.717) is 24.2 Å². The molecule has 2 aromatic rings. The van der Waals surface area contributed by atoms with E-state index in [4.69, 9.17) is 9.26 Å². The van der Waals surface area contributed by atoms with Crippen molar-refractivity contribution in [3.05, 3.63) is 41.5 Å². The molecule has 0 aliphatic carbocycles. The van der Waals surface area contributed by atoms with Crippen LogP contribution < -0.4 is 10.1 Å². The number of methoxy groups -OCH3 is 1.